The summed E-state index contributed by atoms with van der Waals surface area (Å²) >= 11 is 11.9. The maximum atomic E-state index is 10.7. The van der Waals surface area contributed by atoms with Crippen LogP contribution in [0.4, 0.5) is 4.79 Å². The molecule has 1 aromatic heterocycles. The molecule has 1 amide bonds. The van der Waals surface area contributed by atoms with Crippen LogP contribution in [0.1, 0.15) is 0 Å². The van der Waals surface area contributed by atoms with Crippen molar-refractivity contribution in [3.8, 4) is 5.75 Å². The number of amides is 1. The van der Waals surface area contributed by atoms with Gasteiger partial charge in [-0.15, -0.1) is 0 Å². The van der Waals surface area contributed by atoms with Crippen molar-refractivity contribution in [1.29, 1.82) is 0 Å². The second-order valence-corrected chi connectivity index (χ2v) is 3.80. The van der Waals surface area contributed by atoms with Crippen molar-refractivity contribution >= 4 is 40.2 Å². The van der Waals surface area contributed by atoms with Crippen LogP contribution in [0.25, 0.3) is 10.9 Å². The van der Waals surface area contributed by atoms with E-state index in [2.05, 4.69) is 4.98 Å². The van der Waals surface area contributed by atoms with Crippen molar-refractivity contribution in [2.45, 2.75) is 0 Å². The molecule has 0 atom stereocenters. The van der Waals surface area contributed by atoms with Gasteiger partial charge in [-0.3, -0.25) is 4.98 Å². The zero-order chi connectivity index (χ0) is 11.7. The first-order valence-corrected chi connectivity index (χ1v) is 5.05. The van der Waals surface area contributed by atoms with Gasteiger partial charge in [0.25, 0.3) is 0 Å². The van der Waals surface area contributed by atoms with Gasteiger partial charge in [-0.25, -0.2) is 4.79 Å². The molecule has 0 radical (unpaired) electrons. The van der Waals surface area contributed by atoms with Crippen molar-refractivity contribution in [3.63, 3.8) is 0 Å². The molecule has 6 heteroatoms. The number of benzene rings is 1. The molecule has 0 fully saturated rings. The first kappa shape index (κ1) is 11.0. The van der Waals surface area contributed by atoms with Gasteiger partial charge in [0.05, 0.1) is 10.0 Å². The van der Waals surface area contributed by atoms with Gasteiger partial charge in [0, 0.05) is 11.6 Å². The van der Waals surface area contributed by atoms with Crippen LogP contribution in [-0.2, 0) is 0 Å². The monoisotopic (exact) mass is 256 g/mol. The molecule has 0 aliphatic carbocycles. The van der Waals surface area contributed by atoms with Crippen LogP contribution >= 0.6 is 23.2 Å². The van der Waals surface area contributed by atoms with E-state index in [0.29, 0.717) is 15.9 Å². The van der Waals surface area contributed by atoms with Crippen molar-refractivity contribution in [2.75, 3.05) is 0 Å². The lowest BCUT2D eigenvalue weighted by Crippen LogP contribution is -2.16. The summed E-state index contributed by atoms with van der Waals surface area (Å²) in [4.78, 5) is 14.8. The first-order chi connectivity index (χ1) is 7.59. The summed E-state index contributed by atoms with van der Waals surface area (Å²) in [5.41, 5.74) is 5.34. The second-order valence-electron chi connectivity index (χ2n) is 2.99. The highest BCUT2D eigenvalue weighted by Crippen LogP contribution is 2.36. The van der Waals surface area contributed by atoms with Gasteiger partial charge in [0.2, 0.25) is 0 Å². The van der Waals surface area contributed by atoms with E-state index >= 15 is 0 Å². The molecule has 0 aliphatic rings. The van der Waals surface area contributed by atoms with Crippen LogP contribution < -0.4 is 10.5 Å². The Kier molecular flexibility index (Phi) is 2.85. The van der Waals surface area contributed by atoms with Crippen LogP contribution in [0.2, 0.25) is 10.0 Å². The normalized spacial score (nSPS) is 10.4. The van der Waals surface area contributed by atoms with Crippen molar-refractivity contribution in [2.24, 2.45) is 5.73 Å². The number of rotatable bonds is 1. The fraction of sp³-hybridized carbons (Fsp3) is 0. The highest BCUT2D eigenvalue weighted by molar-refractivity contribution is 6.39. The fourth-order valence-electron chi connectivity index (χ4n) is 1.34. The van der Waals surface area contributed by atoms with Gasteiger partial charge >= 0.3 is 6.09 Å². The standard InChI is InChI=1S/C10H6Cl2N2O2/c11-6-4-7(12)9(16-10(13)15)8-5(6)2-1-3-14-8/h1-4H,(H2,13,15). The van der Waals surface area contributed by atoms with E-state index in [1.165, 1.54) is 6.07 Å². The Morgan fingerprint density at radius 3 is 2.81 bits per heavy atom. The summed E-state index contributed by atoms with van der Waals surface area (Å²) in [5, 5.41) is 1.27. The number of pyridine rings is 1. The van der Waals surface area contributed by atoms with Crippen LogP contribution in [-0.4, -0.2) is 11.1 Å². The maximum Gasteiger partial charge on any atom is 0.410 e. The van der Waals surface area contributed by atoms with Gasteiger partial charge in [-0.05, 0) is 18.2 Å². The van der Waals surface area contributed by atoms with Gasteiger partial charge in [0.1, 0.15) is 5.52 Å². The summed E-state index contributed by atoms with van der Waals surface area (Å²) in [6.07, 6.45) is 0.597. The number of aromatic nitrogens is 1. The fourth-order valence-corrected chi connectivity index (χ4v) is 1.90. The highest BCUT2D eigenvalue weighted by atomic mass is 35.5. The van der Waals surface area contributed by atoms with Gasteiger partial charge in [-0.1, -0.05) is 23.2 Å². The molecule has 2 aromatic rings. The lowest BCUT2D eigenvalue weighted by Gasteiger charge is -2.08. The molecule has 1 heterocycles. The highest BCUT2D eigenvalue weighted by Gasteiger charge is 2.14. The Labute approximate surface area is 101 Å². The summed E-state index contributed by atoms with van der Waals surface area (Å²) in [5.74, 6) is 0.120. The Morgan fingerprint density at radius 2 is 2.12 bits per heavy atom. The number of fused-ring (bicyclic) bond motifs is 1. The molecular formula is C10H6Cl2N2O2. The van der Waals surface area contributed by atoms with E-state index in [1.807, 2.05) is 0 Å². The van der Waals surface area contributed by atoms with Crippen LogP contribution in [0, 0.1) is 0 Å². The number of halogens is 2. The average Bonchev–Trinajstić information content (AvgIpc) is 2.24. The minimum atomic E-state index is -0.948. The third kappa shape index (κ3) is 1.89. The predicted molar refractivity (Wildman–Crippen MR) is 62.0 cm³/mol. The average molecular weight is 257 g/mol. The first-order valence-electron chi connectivity index (χ1n) is 4.29. The lowest BCUT2D eigenvalue weighted by molar-refractivity contribution is 0.211. The Bertz CT molecular complexity index is 572. The van der Waals surface area contributed by atoms with E-state index in [1.54, 1.807) is 18.3 Å². The Morgan fingerprint density at radius 1 is 1.38 bits per heavy atom. The number of nitrogens with two attached hydrogens (primary N) is 1. The lowest BCUT2D eigenvalue weighted by atomic mass is 10.2. The van der Waals surface area contributed by atoms with Gasteiger partial charge < -0.3 is 10.5 Å². The number of carbonyl (C=O) groups is 1. The molecule has 2 rings (SSSR count). The molecule has 0 bridgehead atoms. The summed E-state index contributed by atoms with van der Waals surface area (Å²) < 4.78 is 4.80. The minimum Gasteiger partial charge on any atom is -0.407 e. The number of hydrogen-bond donors (Lipinski definition) is 1. The molecule has 16 heavy (non-hydrogen) atoms. The van der Waals surface area contributed by atoms with E-state index in [0.717, 1.165) is 0 Å². The molecule has 0 unspecified atom stereocenters. The molecule has 0 spiro atoms. The van der Waals surface area contributed by atoms with Crippen molar-refractivity contribution in [1.82, 2.24) is 4.98 Å². The molecule has 0 saturated carbocycles. The molecule has 4 nitrogen and oxygen atoms in total. The SMILES string of the molecule is NC(=O)Oc1c(Cl)cc(Cl)c2cccnc12. The predicted octanol–water partition coefficient (Wildman–Crippen LogP) is 3.00. The quantitative estimate of drug-likeness (QED) is 0.853. The topological polar surface area (TPSA) is 65.2 Å². The molecule has 2 N–H and O–H groups in total. The zero-order valence-corrected chi connectivity index (χ0v) is 9.42. The van der Waals surface area contributed by atoms with Gasteiger partial charge in [0.15, 0.2) is 5.75 Å². The summed E-state index contributed by atoms with van der Waals surface area (Å²) in [7, 11) is 0. The summed E-state index contributed by atoms with van der Waals surface area (Å²) in [6.45, 7) is 0. The minimum absolute atomic E-state index is 0.120. The van der Waals surface area contributed by atoms with E-state index in [-0.39, 0.29) is 10.8 Å². The Balaban J connectivity index is 2.76. The van der Waals surface area contributed by atoms with Gasteiger partial charge in [-0.2, -0.15) is 0 Å². The third-order valence-electron chi connectivity index (χ3n) is 1.95. The maximum absolute atomic E-state index is 10.7. The molecular weight excluding hydrogens is 251 g/mol. The molecule has 0 saturated heterocycles. The van der Waals surface area contributed by atoms with E-state index in [4.69, 9.17) is 33.7 Å². The van der Waals surface area contributed by atoms with Crippen molar-refractivity contribution in [3.05, 3.63) is 34.4 Å². The smallest absolute Gasteiger partial charge is 0.407 e. The van der Waals surface area contributed by atoms with E-state index < -0.39 is 6.09 Å². The number of primary amides is 1. The largest absolute Gasteiger partial charge is 0.410 e. The Hall–Kier alpha value is -1.52. The number of ether oxygens (including phenoxy) is 1. The van der Waals surface area contributed by atoms with Crippen LogP contribution in [0.5, 0.6) is 5.75 Å². The molecule has 82 valence electrons. The zero-order valence-electron chi connectivity index (χ0n) is 7.91. The second kappa shape index (κ2) is 4.15. The number of nitrogens with zero attached hydrogens (tertiary/aromatic N) is 1. The third-order valence-corrected chi connectivity index (χ3v) is 2.55. The van der Waals surface area contributed by atoms with E-state index in [9.17, 15) is 4.79 Å². The summed E-state index contributed by atoms with van der Waals surface area (Å²) in [6, 6.07) is 4.94. The van der Waals surface area contributed by atoms with Crippen molar-refractivity contribution < 1.29 is 9.53 Å². The molecule has 1 aromatic carbocycles. The number of carbonyl (C=O) groups excluding carboxylic acids is 1. The molecule has 0 aliphatic heterocycles. The number of hydrogen-bond acceptors (Lipinski definition) is 3. The van der Waals surface area contributed by atoms with Crippen LogP contribution in [0.3, 0.4) is 0 Å². The van der Waals surface area contributed by atoms with Crippen LogP contribution in [0.15, 0.2) is 24.4 Å².